The van der Waals surface area contributed by atoms with Crippen LogP contribution in [0.25, 0.3) is 0 Å². The van der Waals surface area contributed by atoms with Gasteiger partial charge in [-0.25, -0.2) is 0 Å². The molecule has 0 saturated heterocycles. The molecule has 0 aliphatic carbocycles. The molecule has 1 unspecified atom stereocenters. The molecular formula is C13H17N3O. The number of aliphatic hydroxyl groups excluding tert-OH is 1. The van der Waals surface area contributed by atoms with Crippen LogP contribution in [-0.2, 0) is 12.1 Å². The summed E-state index contributed by atoms with van der Waals surface area (Å²) in [6.45, 7) is 2.41. The Morgan fingerprint density at radius 3 is 2.71 bits per heavy atom. The summed E-state index contributed by atoms with van der Waals surface area (Å²) in [6.07, 6.45) is 3.59. The average molecular weight is 231 g/mol. The van der Waals surface area contributed by atoms with Crippen molar-refractivity contribution in [3.05, 3.63) is 53.9 Å². The van der Waals surface area contributed by atoms with E-state index in [0.29, 0.717) is 6.54 Å². The maximum Gasteiger partial charge on any atom is 0.0659 e. The molecule has 1 atom stereocenters. The molecule has 0 amide bonds. The summed E-state index contributed by atoms with van der Waals surface area (Å²) in [7, 11) is 0. The minimum atomic E-state index is -0.727. The number of nitrogens with zero attached hydrogens (tertiary/aromatic N) is 2. The third-order valence-corrected chi connectivity index (χ3v) is 2.81. The van der Waals surface area contributed by atoms with Crippen LogP contribution >= 0.6 is 0 Å². The van der Waals surface area contributed by atoms with Crippen LogP contribution in [0.1, 0.15) is 18.1 Å². The minimum Gasteiger partial charge on any atom is -0.394 e. The lowest BCUT2D eigenvalue weighted by atomic mass is 9.98. The molecule has 0 bridgehead atoms. The van der Waals surface area contributed by atoms with E-state index < -0.39 is 5.54 Å². The lowest BCUT2D eigenvalue weighted by Crippen LogP contribution is -2.36. The van der Waals surface area contributed by atoms with E-state index in [1.807, 2.05) is 29.1 Å². The highest BCUT2D eigenvalue weighted by molar-refractivity contribution is 5.18. The van der Waals surface area contributed by atoms with Gasteiger partial charge in [0.1, 0.15) is 0 Å². The Morgan fingerprint density at radius 1 is 1.35 bits per heavy atom. The quantitative estimate of drug-likeness (QED) is 0.828. The molecule has 0 radical (unpaired) electrons. The van der Waals surface area contributed by atoms with Crippen molar-refractivity contribution < 1.29 is 5.11 Å². The van der Waals surface area contributed by atoms with Gasteiger partial charge in [-0.15, -0.1) is 0 Å². The molecule has 3 N–H and O–H groups in total. The lowest BCUT2D eigenvalue weighted by Gasteiger charge is -2.19. The van der Waals surface area contributed by atoms with E-state index in [1.54, 1.807) is 13.1 Å². The molecule has 90 valence electrons. The third-order valence-electron chi connectivity index (χ3n) is 2.81. The minimum absolute atomic E-state index is 0.0932. The smallest absolute Gasteiger partial charge is 0.0659 e. The predicted molar refractivity (Wildman–Crippen MR) is 66.4 cm³/mol. The number of rotatable bonds is 4. The maximum absolute atomic E-state index is 9.18. The number of hydrogen-bond acceptors (Lipinski definition) is 3. The summed E-state index contributed by atoms with van der Waals surface area (Å²) >= 11 is 0. The summed E-state index contributed by atoms with van der Waals surface area (Å²) in [4.78, 5) is 0. The van der Waals surface area contributed by atoms with Crippen LogP contribution in [0.15, 0.2) is 42.7 Å². The zero-order chi connectivity index (χ0) is 12.3. The van der Waals surface area contributed by atoms with Crippen molar-refractivity contribution in [3.63, 3.8) is 0 Å². The van der Waals surface area contributed by atoms with Gasteiger partial charge in [-0.05, 0) is 12.5 Å². The summed E-state index contributed by atoms with van der Waals surface area (Å²) < 4.78 is 1.82. The van der Waals surface area contributed by atoms with Crippen LogP contribution in [0.2, 0.25) is 0 Å². The largest absolute Gasteiger partial charge is 0.394 e. The van der Waals surface area contributed by atoms with Crippen molar-refractivity contribution in [2.45, 2.75) is 19.0 Å². The molecule has 2 rings (SSSR count). The van der Waals surface area contributed by atoms with Crippen LogP contribution in [0.5, 0.6) is 0 Å². The Kier molecular flexibility index (Phi) is 3.26. The van der Waals surface area contributed by atoms with Gasteiger partial charge in [0.15, 0.2) is 0 Å². The van der Waals surface area contributed by atoms with Gasteiger partial charge in [0, 0.05) is 11.8 Å². The zero-order valence-electron chi connectivity index (χ0n) is 9.87. The van der Waals surface area contributed by atoms with Gasteiger partial charge >= 0.3 is 0 Å². The number of aliphatic hydroxyl groups is 1. The Hall–Kier alpha value is -1.65. The van der Waals surface area contributed by atoms with Crippen LogP contribution in [-0.4, -0.2) is 21.5 Å². The molecule has 0 aliphatic heterocycles. The Balaban J connectivity index is 2.14. The fourth-order valence-electron chi connectivity index (χ4n) is 1.61. The second kappa shape index (κ2) is 4.69. The molecule has 2 aromatic rings. The number of aromatic nitrogens is 2. The number of hydrogen-bond donors (Lipinski definition) is 2. The van der Waals surface area contributed by atoms with Gasteiger partial charge in [-0.3, -0.25) is 4.68 Å². The first-order valence-corrected chi connectivity index (χ1v) is 5.58. The first kappa shape index (κ1) is 11.8. The summed E-state index contributed by atoms with van der Waals surface area (Å²) in [5, 5.41) is 13.4. The van der Waals surface area contributed by atoms with Crippen LogP contribution in [0.3, 0.4) is 0 Å². The van der Waals surface area contributed by atoms with Crippen LogP contribution in [0, 0.1) is 0 Å². The highest BCUT2D eigenvalue weighted by Crippen LogP contribution is 2.16. The van der Waals surface area contributed by atoms with Crippen molar-refractivity contribution >= 4 is 0 Å². The second-order valence-electron chi connectivity index (χ2n) is 4.49. The maximum atomic E-state index is 9.18. The second-order valence-corrected chi connectivity index (χ2v) is 4.49. The van der Waals surface area contributed by atoms with Crippen molar-refractivity contribution in [3.8, 4) is 0 Å². The lowest BCUT2D eigenvalue weighted by molar-refractivity contribution is 0.210. The Morgan fingerprint density at radius 2 is 2.06 bits per heavy atom. The highest BCUT2D eigenvalue weighted by atomic mass is 16.3. The summed E-state index contributed by atoms with van der Waals surface area (Å²) in [6, 6.07) is 10.1. The molecular weight excluding hydrogens is 214 g/mol. The van der Waals surface area contributed by atoms with Crippen molar-refractivity contribution in [2.75, 3.05) is 6.61 Å². The van der Waals surface area contributed by atoms with E-state index in [0.717, 1.165) is 5.56 Å². The number of benzene rings is 1. The van der Waals surface area contributed by atoms with E-state index >= 15 is 0 Å². The molecule has 1 heterocycles. The molecule has 0 aliphatic rings. The predicted octanol–water partition coefficient (Wildman–Crippen LogP) is 1.10. The van der Waals surface area contributed by atoms with Gasteiger partial charge in [0.05, 0.1) is 24.9 Å². The fourth-order valence-corrected chi connectivity index (χ4v) is 1.61. The van der Waals surface area contributed by atoms with E-state index in [4.69, 9.17) is 5.73 Å². The summed E-state index contributed by atoms with van der Waals surface area (Å²) in [5.41, 5.74) is 7.24. The van der Waals surface area contributed by atoms with Gasteiger partial charge < -0.3 is 10.8 Å². The van der Waals surface area contributed by atoms with Crippen LogP contribution in [0.4, 0.5) is 0 Å². The fraction of sp³-hybridized carbons (Fsp3) is 0.308. The van der Waals surface area contributed by atoms with E-state index in [1.165, 1.54) is 5.56 Å². The van der Waals surface area contributed by atoms with Gasteiger partial charge in [0.25, 0.3) is 0 Å². The monoisotopic (exact) mass is 231 g/mol. The van der Waals surface area contributed by atoms with Crippen molar-refractivity contribution in [2.24, 2.45) is 5.73 Å². The molecule has 1 aromatic carbocycles. The van der Waals surface area contributed by atoms with E-state index in [-0.39, 0.29) is 6.61 Å². The molecule has 1 aromatic heterocycles. The van der Waals surface area contributed by atoms with Crippen LogP contribution < -0.4 is 5.73 Å². The Labute approximate surface area is 101 Å². The van der Waals surface area contributed by atoms with Gasteiger partial charge in [0.2, 0.25) is 0 Å². The highest BCUT2D eigenvalue weighted by Gasteiger charge is 2.21. The summed E-state index contributed by atoms with van der Waals surface area (Å²) in [5.74, 6) is 0. The van der Waals surface area contributed by atoms with Crippen molar-refractivity contribution in [1.29, 1.82) is 0 Å². The molecule has 4 heteroatoms. The third kappa shape index (κ3) is 2.72. The van der Waals surface area contributed by atoms with E-state index in [2.05, 4.69) is 17.2 Å². The zero-order valence-corrected chi connectivity index (χ0v) is 9.87. The molecule has 0 saturated carbocycles. The SMILES string of the molecule is CC(N)(CO)c1cnn(Cc2ccccc2)c1. The standard InChI is InChI=1S/C13H17N3O/c1-13(14,10-17)12-7-15-16(9-12)8-11-5-3-2-4-6-11/h2-7,9,17H,8,10,14H2,1H3. The molecule has 0 fully saturated rings. The van der Waals surface area contributed by atoms with Crippen molar-refractivity contribution in [1.82, 2.24) is 9.78 Å². The normalized spacial score (nSPS) is 14.5. The number of nitrogens with two attached hydrogens (primary N) is 1. The van der Waals surface area contributed by atoms with Gasteiger partial charge in [-0.1, -0.05) is 30.3 Å². The average Bonchev–Trinajstić information content (AvgIpc) is 2.80. The molecule has 4 nitrogen and oxygen atoms in total. The van der Waals surface area contributed by atoms with Gasteiger partial charge in [-0.2, -0.15) is 5.10 Å². The first-order valence-electron chi connectivity index (χ1n) is 5.58. The topological polar surface area (TPSA) is 64.1 Å². The molecule has 0 spiro atoms. The Bertz CT molecular complexity index is 476. The first-order chi connectivity index (χ1) is 8.12. The van der Waals surface area contributed by atoms with E-state index in [9.17, 15) is 5.11 Å². The molecule has 17 heavy (non-hydrogen) atoms.